The lowest BCUT2D eigenvalue weighted by molar-refractivity contribution is 0.144. The Balaban J connectivity index is 1.61. The zero-order valence-corrected chi connectivity index (χ0v) is 8.50. The Morgan fingerprint density at radius 3 is 2.62 bits per heavy atom. The first kappa shape index (κ1) is 9.47. The van der Waals surface area contributed by atoms with Crippen molar-refractivity contribution < 1.29 is 5.11 Å². The third-order valence-corrected chi connectivity index (χ3v) is 3.48. The van der Waals surface area contributed by atoms with E-state index in [1.807, 2.05) is 0 Å². The van der Waals surface area contributed by atoms with E-state index >= 15 is 0 Å². The van der Waals surface area contributed by atoms with Gasteiger partial charge in [0.1, 0.15) is 0 Å². The van der Waals surface area contributed by atoms with Gasteiger partial charge in [0.05, 0.1) is 6.10 Å². The minimum atomic E-state index is -0.0732. The molecule has 0 amide bonds. The average molecular weight is 183 g/mol. The van der Waals surface area contributed by atoms with E-state index in [1.54, 1.807) is 0 Å². The average Bonchev–Trinajstić information content (AvgIpc) is 2.87. The minimum Gasteiger partial charge on any atom is -0.392 e. The highest BCUT2D eigenvalue weighted by Crippen LogP contribution is 2.32. The van der Waals surface area contributed by atoms with Gasteiger partial charge in [0.2, 0.25) is 0 Å². The molecule has 2 fully saturated rings. The van der Waals surface area contributed by atoms with Crippen LogP contribution in [0.1, 0.15) is 39.0 Å². The lowest BCUT2D eigenvalue weighted by Gasteiger charge is -2.15. The molecule has 2 heteroatoms. The molecule has 0 aromatic rings. The lowest BCUT2D eigenvalue weighted by Crippen LogP contribution is -2.34. The van der Waals surface area contributed by atoms with Gasteiger partial charge in [0.15, 0.2) is 0 Å². The topological polar surface area (TPSA) is 32.3 Å². The Bertz CT molecular complexity index is 167. The first-order valence-electron chi connectivity index (χ1n) is 5.67. The molecule has 0 aromatic heterocycles. The van der Waals surface area contributed by atoms with Crippen LogP contribution >= 0.6 is 0 Å². The highest BCUT2D eigenvalue weighted by atomic mass is 16.3. The van der Waals surface area contributed by atoms with Gasteiger partial charge in [-0.15, -0.1) is 0 Å². The zero-order valence-electron chi connectivity index (χ0n) is 8.50. The fourth-order valence-corrected chi connectivity index (χ4v) is 2.33. The standard InChI is InChI=1S/C11H21NO/c1-8-2-5-10(6-8)12-7-11(13)9-3-4-9/h8-13H,2-7H2,1H3. The largest absolute Gasteiger partial charge is 0.392 e. The van der Waals surface area contributed by atoms with Crippen molar-refractivity contribution in [2.45, 2.75) is 51.2 Å². The fourth-order valence-electron chi connectivity index (χ4n) is 2.33. The molecular weight excluding hydrogens is 162 g/mol. The van der Waals surface area contributed by atoms with E-state index in [2.05, 4.69) is 12.2 Å². The summed E-state index contributed by atoms with van der Waals surface area (Å²) in [6.07, 6.45) is 6.37. The summed E-state index contributed by atoms with van der Waals surface area (Å²) >= 11 is 0. The molecular formula is C11H21NO. The molecule has 76 valence electrons. The van der Waals surface area contributed by atoms with Crippen LogP contribution in [0.15, 0.2) is 0 Å². The number of hydrogen-bond donors (Lipinski definition) is 2. The van der Waals surface area contributed by atoms with Gasteiger partial charge in [-0.2, -0.15) is 0 Å². The molecule has 2 N–H and O–H groups in total. The molecule has 0 bridgehead atoms. The van der Waals surface area contributed by atoms with Crippen LogP contribution in [0, 0.1) is 11.8 Å². The van der Waals surface area contributed by atoms with Crippen molar-refractivity contribution in [3.63, 3.8) is 0 Å². The molecule has 2 aliphatic rings. The Morgan fingerprint density at radius 1 is 1.31 bits per heavy atom. The summed E-state index contributed by atoms with van der Waals surface area (Å²) in [5.74, 6) is 1.50. The smallest absolute Gasteiger partial charge is 0.0692 e. The maximum Gasteiger partial charge on any atom is 0.0692 e. The van der Waals surface area contributed by atoms with E-state index in [4.69, 9.17) is 0 Å². The van der Waals surface area contributed by atoms with Crippen molar-refractivity contribution in [2.75, 3.05) is 6.54 Å². The molecule has 0 radical (unpaired) electrons. The van der Waals surface area contributed by atoms with Crippen LogP contribution in [0.3, 0.4) is 0 Å². The van der Waals surface area contributed by atoms with E-state index in [0.29, 0.717) is 12.0 Å². The van der Waals surface area contributed by atoms with Crippen molar-refractivity contribution in [3.05, 3.63) is 0 Å². The van der Waals surface area contributed by atoms with Crippen molar-refractivity contribution in [3.8, 4) is 0 Å². The van der Waals surface area contributed by atoms with E-state index in [-0.39, 0.29) is 6.10 Å². The van der Waals surface area contributed by atoms with Gasteiger partial charge >= 0.3 is 0 Å². The monoisotopic (exact) mass is 183 g/mol. The van der Waals surface area contributed by atoms with Crippen molar-refractivity contribution in [2.24, 2.45) is 11.8 Å². The van der Waals surface area contributed by atoms with Gasteiger partial charge in [-0.1, -0.05) is 6.92 Å². The van der Waals surface area contributed by atoms with Crippen LogP contribution in [0.5, 0.6) is 0 Å². The Kier molecular flexibility index (Phi) is 2.89. The van der Waals surface area contributed by atoms with Crippen molar-refractivity contribution in [1.82, 2.24) is 5.32 Å². The second-order valence-electron chi connectivity index (χ2n) is 4.93. The molecule has 0 saturated heterocycles. The van der Waals surface area contributed by atoms with E-state index in [9.17, 15) is 5.11 Å². The zero-order chi connectivity index (χ0) is 9.26. The highest BCUT2D eigenvalue weighted by molar-refractivity contribution is 4.85. The van der Waals surface area contributed by atoms with Gasteiger partial charge in [-0.25, -0.2) is 0 Å². The Hall–Kier alpha value is -0.0800. The number of nitrogens with one attached hydrogen (secondary N) is 1. The minimum absolute atomic E-state index is 0.0732. The van der Waals surface area contributed by atoms with Gasteiger partial charge in [0.25, 0.3) is 0 Å². The molecule has 0 aromatic carbocycles. The molecule has 0 spiro atoms. The summed E-state index contributed by atoms with van der Waals surface area (Å²) in [7, 11) is 0. The highest BCUT2D eigenvalue weighted by Gasteiger charge is 2.30. The van der Waals surface area contributed by atoms with Gasteiger partial charge in [0, 0.05) is 12.6 Å². The second kappa shape index (κ2) is 3.97. The predicted molar refractivity (Wildman–Crippen MR) is 53.5 cm³/mol. The molecule has 2 aliphatic carbocycles. The van der Waals surface area contributed by atoms with Crippen molar-refractivity contribution in [1.29, 1.82) is 0 Å². The van der Waals surface area contributed by atoms with Crippen LogP contribution in [-0.2, 0) is 0 Å². The second-order valence-corrected chi connectivity index (χ2v) is 4.93. The molecule has 3 unspecified atom stereocenters. The third kappa shape index (κ3) is 2.68. The van der Waals surface area contributed by atoms with E-state index in [1.165, 1.54) is 32.1 Å². The lowest BCUT2D eigenvalue weighted by atomic mass is 10.1. The number of hydrogen-bond acceptors (Lipinski definition) is 2. The fraction of sp³-hybridized carbons (Fsp3) is 1.00. The summed E-state index contributed by atoms with van der Waals surface area (Å²) in [5, 5.41) is 13.1. The summed E-state index contributed by atoms with van der Waals surface area (Å²) in [6.45, 7) is 3.14. The maximum absolute atomic E-state index is 9.65. The third-order valence-electron chi connectivity index (χ3n) is 3.48. The normalized spacial score (nSPS) is 36.5. The van der Waals surface area contributed by atoms with Crippen LogP contribution in [0.25, 0.3) is 0 Å². The Morgan fingerprint density at radius 2 is 2.08 bits per heavy atom. The van der Waals surface area contributed by atoms with Gasteiger partial charge in [-0.05, 0) is 43.9 Å². The maximum atomic E-state index is 9.65. The van der Waals surface area contributed by atoms with E-state index < -0.39 is 0 Å². The summed E-state index contributed by atoms with van der Waals surface area (Å²) in [6, 6.07) is 0.684. The quantitative estimate of drug-likeness (QED) is 0.693. The summed E-state index contributed by atoms with van der Waals surface area (Å²) in [4.78, 5) is 0. The molecule has 2 saturated carbocycles. The van der Waals surface area contributed by atoms with Crippen molar-refractivity contribution >= 4 is 0 Å². The SMILES string of the molecule is CC1CCC(NCC(O)C2CC2)C1. The number of aliphatic hydroxyl groups excluding tert-OH is 1. The Labute approximate surface area is 80.7 Å². The van der Waals surface area contributed by atoms with Crippen LogP contribution in [-0.4, -0.2) is 23.8 Å². The molecule has 2 rings (SSSR count). The molecule has 2 nitrogen and oxygen atoms in total. The van der Waals surface area contributed by atoms with Crippen LogP contribution < -0.4 is 5.32 Å². The van der Waals surface area contributed by atoms with Crippen LogP contribution in [0.2, 0.25) is 0 Å². The first-order valence-corrected chi connectivity index (χ1v) is 5.67. The first-order chi connectivity index (χ1) is 6.25. The summed E-state index contributed by atoms with van der Waals surface area (Å²) < 4.78 is 0. The molecule has 0 heterocycles. The molecule has 13 heavy (non-hydrogen) atoms. The van der Waals surface area contributed by atoms with Gasteiger partial charge < -0.3 is 10.4 Å². The molecule has 0 aliphatic heterocycles. The van der Waals surface area contributed by atoms with Gasteiger partial charge in [-0.3, -0.25) is 0 Å². The number of rotatable bonds is 4. The number of aliphatic hydroxyl groups is 1. The molecule has 3 atom stereocenters. The van der Waals surface area contributed by atoms with Crippen LogP contribution in [0.4, 0.5) is 0 Å². The predicted octanol–water partition coefficient (Wildman–Crippen LogP) is 1.54. The van der Waals surface area contributed by atoms with E-state index in [0.717, 1.165) is 12.5 Å². The summed E-state index contributed by atoms with van der Waals surface area (Å²) in [5.41, 5.74) is 0.